The smallest absolute Gasteiger partial charge is 0.216 e. The highest BCUT2D eigenvalue weighted by Crippen LogP contribution is 2.20. The standard InChI is InChI=1S/C15H18FN3O/c1-10-4-11(6-12(16)5-10)14(17-2)7-13-8-15(20-3)19-9-18-13/h4-6,8-9,14,17H,7H2,1-3H3. The molecular formula is C15H18FN3O. The van der Waals surface area contributed by atoms with Crippen LogP contribution in [0.15, 0.2) is 30.6 Å². The fourth-order valence-corrected chi connectivity index (χ4v) is 2.16. The van der Waals surface area contributed by atoms with Gasteiger partial charge in [0.05, 0.1) is 7.11 Å². The number of nitrogens with zero attached hydrogens (tertiary/aromatic N) is 2. The van der Waals surface area contributed by atoms with Gasteiger partial charge in [-0.1, -0.05) is 6.07 Å². The minimum atomic E-state index is -0.222. The van der Waals surface area contributed by atoms with Gasteiger partial charge in [-0.2, -0.15) is 0 Å². The summed E-state index contributed by atoms with van der Waals surface area (Å²) in [6, 6.07) is 6.82. The number of nitrogens with one attached hydrogen (secondary N) is 1. The van der Waals surface area contributed by atoms with Crippen LogP contribution in [0.3, 0.4) is 0 Å². The van der Waals surface area contributed by atoms with Crippen molar-refractivity contribution in [2.24, 2.45) is 0 Å². The quantitative estimate of drug-likeness (QED) is 0.910. The van der Waals surface area contributed by atoms with Gasteiger partial charge >= 0.3 is 0 Å². The number of likely N-dealkylation sites (N-methyl/N-ethyl adjacent to an activating group) is 1. The summed E-state index contributed by atoms with van der Waals surface area (Å²) < 4.78 is 18.6. The van der Waals surface area contributed by atoms with E-state index in [0.717, 1.165) is 16.8 Å². The first-order valence-electron chi connectivity index (χ1n) is 6.41. The third kappa shape index (κ3) is 3.51. The van der Waals surface area contributed by atoms with Crippen LogP contribution in [0.2, 0.25) is 0 Å². The molecule has 0 aliphatic carbocycles. The first-order chi connectivity index (χ1) is 9.62. The molecule has 0 spiro atoms. The molecule has 0 saturated carbocycles. The Morgan fingerprint density at radius 2 is 2.05 bits per heavy atom. The molecule has 2 rings (SSSR count). The van der Waals surface area contributed by atoms with Crippen molar-refractivity contribution in [1.29, 1.82) is 0 Å². The Kier molecular flexibility index (Phi) is 4.63. The lowest BCUT2D eigenvalue weighted by Gasteiger charge is -2.17. The number of hydrogen-bond donors (Lipinski definition) is 1. The number of hydrogen-bond acceptors (Lipinski definition) is 4. The zero-order chi connectivity index (χ0) is 14.5. The molecular weight excluding hydrogens is 257 g/mol. The minimum Gasteiger partial charge on any atom is -0.481 e. The molecule has 0 saturated heterocycles. The van der Waals surface area contributed by atoms with E-state index in [0.29, 0.717) is 12.3 Å². The second kappa shape index (κ2) is 6.43. The monoisotopic (exact) mass is 275 g/mol. The summed E-state index contributed by atoms with van der Waals surface area (Å²) in [4.78, 5) is 8.20. The van der Waals surface area contributed by atoms with E-state index in [1.54, 1.807) is 19.2 Å². The Bertz CT molecular complexity index is 569. The number of methoxy groups -OCH3 is 1. The maximum atomic E-state index is 13.5. The highest BCUT2D eigenvalue weighted by atomic mass is 19.1. The average Bonchev–Trinajstić information content (AvgIpc) is 2.44. The van der Waals surface area contributed by atoms with Crippen molar-refractivity contribution < 1.29 is 9.13 Å². The number of ether oxygens (including phenoxy) is 1. The molecule has 5 heteroatoms. The predicted molar refractivity (Wildman–Crippen MR) is 75.2 cm³/mol. The second-order valence-electron chi connectivity index (χ2n) is 4.66. The molecule has 1 heterocycles. The van der Waals surface area contributed by atoms with Gasteiger partial charge in [0.2, 0.25) is 5.88 Å². The SMILES string of the molecule is CNC(Cc1cc(OC)ncn1)c1cc(C)cc(F)c1. The number of aromatic nitrogens is 2. The molecule has 106 valence electrons. The zero-order valence-electron chi connectivity index (χ0n) is 11.9. The molecule has 0 aliphatic rings. The van der Waals surface area contributed by atoms with Crippen LogP contribution in [0.25, 0.3) is 0 Å². The van der Waals surface area contributed by atoms with Crippen molar-refractivity contribution in [3.63, 3.8) is 0 Å². The Morgan fingerprint density at radius 1 is 1.25 bits per heavy atom. The third-order valence-corrected chi connectivity index (χ3v) is 3.14. The third-order valence-electron chi connectivity index (χ3n) is 3.14. The number of aryl methyl sites for hydroxylation is 1. The summed E-state index contributed by atoms with van der Waals surface area (Å²) in [6.45, 7) is 1.88. The van der Waals surface area contributed by atoms with Crippen molar-refractivity contribution in [2.75, 3.05) is 14.2 Å². The van der Waals surface area contributed by atoms with Gasteiger partial charge in [-0.25, -0.2) is 14.4 Å². The van der Waals surface area contributed by atoms with Crippen molar-refractivity contribution in [1.82, 2.24) is 15.3 Å². The summed E-state index contributed by atoms with van der Waals surface area (Å²) >= 11 is 0. The van der Waals surface area contributed by atoms with Gasteiger partial charge in [0.1, 0.15) is 12.1 Å². The molecule has 1 aromatic carbocycles. The van der Waals surface area contributed by atoms with Crippen LogP contribution in [0.4, 0.5) is 4.39 Å². The summed E-state index contributed by atoms with van der Waals surface area (Å²) in [7, 11) is 3.42. The topological polar surface area (TPSA) is 47.0 Å². The van der Waals surface area contributed by atoms with Crippen LogP contribution < -0.4 is 10.1 Å². The van der Waals surface area contributed by atoms with E-state index in [9.17, 15) is 4.39 Å². The van der Waals surface area contributed by atoms with Crippen LogP contribution >= 0.6 is 0 Å². The van der Waals surface area contributed by atoms with Crippen molar-refractivity contribution in [2.45, 2.75) is 19.4 Å². The fourth-order valence-electron chi connectivity index (χ4n) is 2.16. The molecule has 0 fully saturated rings. The van der Waals surface area contributed by atoms with Gasteiger partial charge in [-0.3, -0.25) is 0 Å². The lowest BCUT2D eigenvalue weighted by Crippen LogP contribution is -2.19. The van der Waals surface area contributed by atoms with Crippen molar-refractivity contribution in [3.05, 3.63) is 53.2 Å². The molecule has 1 N–H and O–H groups in total. The number of benzene rings is 1. The first kappa shape index (κ1) is 14.4. The van der Waals surface area contributed by atoms with Crippen LogP contribution in [-0.2, 0) is 6.42 Å². The van der Waals surface area contributed by atoms with Crippen LogP contribution in [0, 0.1) is 12.7 Å². The number of rotatable bonds is 5. The summed E-state index contributed by atoms with van der Waals surface area (Å²) in [5.41, 5.74) is 2.65. The second-order valence-corrected chi connectivity index (χ2v) is 4.66. The molecule has 0 amide bonds. The van der Waals surface area contributed by atoms with Gasteiger partial charge in [-0.15, -0.1) is 0 Å². The Hall–Kier alpha value is -2.01. The van der Waals surface area contributed by atoms with Crippen LogP contribution in [0.1, 0.15) is 22.9 Å². The first-order valence-corrected chi connectivity index (χ1v) is 6.41. The van der Waals surface area contributed by atoms with E-state index in [1.807, 2.05) is 20.0 Å². The van der Waals surface area contributed by atoms with E-state index in [-0.39, 0.29) is 11.9 Å². The Labute approximate surface area is 118 Å². The molecule has 1 atom stereocenters. The Morgan fingerprint density at radius 3 is 2.70 bits per heavy atom. The van der Waals surface area contributed by atoms with E-state index in [4.69, 9.17) is 4.74 Å². The van der Waals surface area contributed by atoms with Crippen molar-refractivity contribution in [3.8, 4) is 5.88 Å². The van der Waals surface area contributed by atoms with Gasteiger partial charge in [0.25, 0.3) is 0 Å². The predicted octanol–water partition coefficient (Wildman–Crippen LogP) is 2.44. The summed E-state index contributed by atoms with van der Waals surface area (Å²) in [6.07, 6.45) is 2.11. The molecule has 0 bridgehead atoms. The highest BCUT2D eigenvalue weighted by molar-refractivity contribution is 5.27. The zero-order valence-corrected chi connectivity index (χ0v) is 11.9. The number of halogens is 1. The molecule has 2 aromatic rings. The lowest BCUT2D eigenvalue weighted by atomic mass is 10.00. The maximum absolute atomic E-state index is 13.5. The van der Waals surface area contributed by atoms with Crippen LogP contribution in [0.5, 0.6) is 5.88 Å². The van der Waals surface area contributed by atoms with Crippen LogP contribution in [-0.4, -0.2) is 24.1 Å². The normalized spacial score (nSPS) is 12.2. The maximum Gasteiger partial charge on any atom is 0.216 e. The largest absolute Gasteiger partial charge is 0.481 e. The minimum absolute atomic E-state index is 0.0102. The van der Waals surface area contributed by atoms with E-state index in [2.05, 4.69) is 15.3 Å². The lowest BCUT2D eigenvalue weighted by molar-refractivity contribution is 0.395. The highest BCUT2D eigenvalue weighted by Gasteiger charge is 2.13. The summed E-state index contributed by atoms with van der Waals surface area (Å²) in [5.74, 6) is 0.306. The Balaban J connectivity index is 2.23. The molecule has 1 unspecified atom stereocenters. The molecule has 1 aromatic heterocycles. The van der Waals surface area contributed by atoms with Crippen molar-refractivity contribution >= 4 is 0 Å². The molecule has 20 heavy (non-hydrogen) atoms. The van der Waals surface area contributed by atoms with Gasteiger partial charge in [-0.05, 0) is 37.2 Å². The molecule has 4 nitrogen and oxygen atoms in total. The van der Waals surface area contributed by atoms with E-state index < -0.39 is 0 Å². The fraction of sp³-hybridized carbons (Fsp3) is 0.333. The average molecular weight is 275 g/mol. The van der Waals surface area contributed by atoms with E-state index >= 15 is 0 Å². The summed E-state index contributed by atoms with van der Waals surface area (Å²) in [5, 5.41) is 3.19. The van der Waals surface area contributed by atoms with Gasteiger partial charge < -0.3 is 10.1 Å². The van der Waals surface area contributed by atoms with E-state index in [1.165, 1.54) is 12.4 Å². The van der Waals surface area contributed by atoms with Gasteiger partial charge in [0.15, 0.2) is 0 Å². The van der Waals surface area contributed by atoms with Gasteiger partial charge in [0, 0.05) is 24.2 Å². The molecule has 0 aliphatic heterocycles. The molecule has 0 radical (unpaired) electrons.